The number of unbranched alkanes of at least 4 members (excludes halogenated alkanes) is 1. The van der Waals surface area contributed by atoms with Crippen LogP contribution in [0.2, 0.25) is 0 Å². The molecule has 1 aliphatic rings. The highest BCUT2D eigenvalue weighted by Crippen LogP contribution is 2.44. The number of carbonyl (C=O) groups is 2. The van der Waals surface area contributed by atoms with Crippen LogP contribution in [0, 0.1) is 12.7 Å². The van der Waals surface area contributed by atoms with Gasteiger partial charge in [0.25, 0.3) is 5.78 Å². The lowest BCUT2D eigenvalue weighted by molar-refractivity contribution is -0.132. The van der Waals surface area contributed by atoms with Crippen LogP contribution >= 0.6 is 23.1 Å². The summed E-state index contributed by atoms with van der Waals surface area (Å²) >= 11 is 2.58. The molecule has 0 aliphatic carbocycles. The number of Topliss-reactive ketones (excluding diaryl/α,β-unsaturated/α-hetero) is 1. The monoisotopic (exact) mass is 589 g/mol. The van der Waals surface area contributed by atoms with E-state index in [-0.39, 0.29) is 16.3 Å². The van der Waals surface area contributed by atoms with Gasteiger partial charge in [0, 0.05) is 16.9 Å². The van der Waals surface area contributed by atoms with Crippen molar-refractivity contribution in [3.63, 3.8) is 0 Å². The first kappa shape index (κ1) is 28.5. The number of aliphatic hydroxyl groups excluding tert-OH is 1. The number of rotatable bonds is 10. The van der Waals surface area contributed by atoms with Crippen molar-refractivity contribution in [2.75, 3.05) is 11.5 Å². The summed E-state index contributed by atoms with van der Waals surface area (Å²) in [5.74, 6) is -1.60. The minimum Gasteiger partial charge on any atom is -0.507 e. The van der Waals surface area contributed by atoms with Gasteiger partial charge < -0.3 is 9.84 Å². The quantitative estimate of drug-likeness (QED) is 0.0528. The molecule has 210 valence electrons. The van der Waals surface area contributed by atoms with E-state index in [0.717, 1.165) is 40.2 Å². The fourth-order valence-corrected chi connectivity index (χ4v) is 6.23. The number of hydrogen-bond donors (Lipinski definition) is 1. The van der Waals surface area contributed by atoms with E-state index in [2.05, 4.69) is 17.1 Å². The molecule has 0 unspecified atom stereocenters. The molecule has 0 bridgehead atoms. The molecule has 3 aromatic carbocycles. The molecule has 0 radical (unpaired) electrons. The molecule has 1 aliphatic heterocycles. The number of benzene rings is 3. The fourth-order valence-electron chi connectivity index (χ4n) is 4.41. The van der Waals surface area contributed by atoms with Gasteiger partial charge in [-0.1, -0.05) is 84.5 Å². The lowest BCUT2D eigenvalue weighted by Gasteiger charge is -2.22. The normalized spacial score (nSPS) is 16.4. The maximum Gasteiger partial charge on any atom is 0.301 e. The van der Waals surface area contributed by atoms with Crippen LogP contribution in [0.25, 0.3) is 5.76 Å². The largest absolute Gasteiger partial charge is 0.507 e. The van der Waals surface area contributed by atoms with Gasteiger partial charge in [-0.3, -0.25) is 14.5 Å². The summed E-state index contributed by atoms with van der Waals surface area (Å²) in [4.78, 5) is 27.9. The third kappa shape index (κ3) is 6.18. The number of amides is 1. The maximum atomic E-state index is 15.2. The first-order valence-corrected chi connectivity index (χ1v) is 15.0. The van der Waals surface area contributed by atoms with Gasteiger partial charge in [-0.25, -0.2) is 4.39 Å². The van der Waals surface area contributed by atoms with Gasteiger partial charge in [0.05, 0.1) is 12.2 Å². The summed E-state index contributed by atoms with van der Waals surface area (Å²) in [6.45, 7) is 4.65. The lowest BCUT2D eigenvalue weighted by atomic mass is 9.95. The SMILES string of the molecule is CCCCOc1ccc(C(O)=C2C(=O)C(=O)N(c3nnc(SCc4ccc(C)cc4)s3)[C@H]2c2ccccc2F)cc1. The Bertz CT molecular complexity index is 1590. The minimum atomic E-state index is -1.22. The van der Waals surface area contributed by atoms with Gasteiger partial charge in [0.15, 0.2) is 4.34 Å². The second kappa shape index (κ2) is 12.7. The smallest absolute Gasteiger partial charge is 0.301 e. The van der Waals surface area contributed by atoms with Gasteiger partial charge in [-0.05, 0) is 49.2 Å². The van der Waals surface area contributed by atoms with E-state index < -0.39 is 29.3 Å². The van der Waals surface area contributed by atoms with Crippen LogP contribution in [0.5, 0.6) is 5.75 Å². The van der Waals surface area contributed by atoms with E-state index >= 15 is 4.39 Å². The standard InChI is InChI=1S/C31H28FN3O4S2/c1-3-4-17-39-22-15-13-21(14-16-22)27(36)25-26(23-7-5-6-8-24(23)32)35(29(38)28(25)37)30-33-34-31(41-30)40-18-20-11-9-19(2)10-12-20/h5-16,26,36H,3-4,17-18H2,1-2H3/t26-/m0/s1. The minimum absolute atomic E-state index is 0.0665. The first-order chi connectivity index (χ1) is 19.9. The van der Waals surface area contributed by atoms with Crippen LogP contribution in [-0.2, 0) is 15.3 Å². The summed E-state index contributed by atoms with van der Waals surface area (Å²) in [7, 11) is 0. The number of nitrogens with zero attached hydrogens (tertiary/aromatic N) is 3. The number of hydrogen-bond acceptors (Lipinski definition) is 8. The highest BCUT2D eigenvalue weighted by atomic mass is 32.2. The van der Waals surface area contributed by atoms with Crippen molar-refractivity contribution in [2.45, 2.75) is 42.8 Å². The molecule has 10 heteroatoms. The molecule has 1 N–H and O–H groups in total. The molecular formula is C31H28FN3O4S2. The van der Waals surface area contributed by atoms with Crippen LogP contribution in [0.15, 0.2) is 82.7 Å². The van der Waals surface area contributed by atoms with E-state index in [1.54, 1.807) is 30.3 Å². The predicted octanol–water partition coefficient (Wildman–Crippen LogP) is 7.08. The van der Waals surface area contributed by atoms with Crippen molar-refractivity contribution in [2.24, 2.45) is 0 Å². The predicted molar refractivity (Wildman–Crippen MR) is 159 cm³/mol. The molecule has 7 nitrogen and oxygen atoms in total. The van der Waals surface area contributed by atoms with Crippen molar-refractivity contribution in [3.05, 3.63) is 106 Å². The molecule has 1 saturated heterocycles. The summed E-state index contributed by atoms with van der Waals surface area (Å²) in [5.41, 5.74) is 2.42. The molecule has 41 heavy (non-hydrogen) atoms. The molecule has 1 amide bonds. The number of carbonyl (C=O) groups excluding carboxylic acids is 2. The van der Waals surface area contributed by atoms with Crippen molar-refractivity contribution < 1.29 is 23.8 Å². The molecule has 4 aromatic rings. The van der Waals surface area contributed by atoms with Gasteiger partial charge in [-0.2, -0.15) is 0 Å². The molecule has 0 spiro atoms. The molecule has 2 heterocycles. The van der Waals surface area contributed by atoms with Crippen molar-refractivity contribution in [1.82, 2.24) is 10.2 Å². The number of halogens is 1. The summed E-state index contributed by atoms with van der Waals surface area (Å²) in [6.07, 6.45) is 1.90. The molecule has 1 fully saturated rings. The van der Waals surface area contributed by atoms with E-state index in [1.165, 1.54) is 30.0 Å². The number of aryl methyl sites for hydroxylation is 1. The summed E-state index contributed by atoms with van der Waals surface area (Å²) in [5, 5.41) is 19.9. The Kier molecular flexibility index (Phi) is 8.80. The second-order valence-electron chi connectivity index (χ2n) is 9.54. The Morgan fingerprint density at radius 1 is 1.05 bits per heavy atom. The second-order valence-corrected chi connectivity index (χ2v) is 11.7. The Morgan fingerprint density at radius 3 is 2.49 bits per heavy atom. The summed E-state index contributed by atoms with van der Waals surface area (Å²) in [6, 6.07) is 19.4. The highest BCUT2D eigenvalue weighted by Gasteiger charge is 2.49. The number of thioether (sulfide) groups is 1. The zero-order valence-corrected chi connectivity index (χ0v) is 24.2. The molecule has 0 saturated carbocycles. The lowest BCUT2D eigenvalue weighted by Crippen LogP contribution is -2.29. The van der Waals surface area contributed by atoms with Gasteiger partial charge >= 0.3 is 5.91 Å². The average Bonchev–Trinajstić information content (AvgIpc) is 3.55. The average molecular weight is 590 g/mol. The van der Waals surface area contributed by atoms with E-state index in [0.29, 0.717) is 28.0 Å². The van der Waals surface area contributed by atoms with E-state index in [1.807, 2.05) is 31.2 Å². The Labute approximate surface area is 245 Å². The molecule has 5 rings (SSSR count). The fraction of sp³-hybridized carbons (Fsp3) is 0.226. The van der Waals surface area contributed by atoms with Gasteiger partial charge in [0.1, 0.15) is 23.4 Å². The zero-order valence-electron chi connectivity index (χ0n) is 22.5. The van der Waals surface area contributed by atoms with Crippen LogP contribution in [0.4, 0.5) is 9.52 Å². The van der Waals surface area contributed by atoms with Crippen LogP contribution in [-0.4, -0.2) is 33.6 Å². The number of aromatic nitrogens is 2. The van der Waals surface area contributed by atoms with E-state index in [4.69, 9.17) is 4.74 Å². The highest BCUT2D eigenvalue weighted by molar-refractivity contribution is 8.00. The third-order valence-electron chi connectivity index (χ3n) is 6.62. The number of ketones is 1. The Balaban J connectivity index is 1.49. The van der Waals surface area contributed by atoms with Gasteiger partial charge in [-0.15, -0.1) is 10.2 Å². The first-order valence-electron chi connectivity index (χ1n) is 13.2. The summed E-state index contributed by atoms with van der Waals surface area (Å²) < 4.78 is 21.4. The topological polar surface area (TPSA) is 92.6 Å². The van der Waals surface area contributed by atoms with E-state index in [9.17, 15) is 14.7 Å². The van der Waals surface area contributed by atoms with Crippen LogP contribution < -0.4 is 9.64 Å². The van der Waals surface area contributed by atoms with Crippen molar-refractivity contribution >= 4 is 45.7 Å². The third-order valence-corrected chi connectivity index (χ3v) is 8.75. The Hall–Kier alpha value is -4.02. The van der Waals surface area contributed by atoms with Gasteiger partial charge in [0.2, 0.25) is 5.13 Å². The Morgan fingerprint density at radius 2 is 1.78 bits per heavy atom. The molecule has 1 aromatic heterocycles. The number of anilines is 1. The van der Waals surface area contributed by atoms with Crippen molar-refractivity contribution in [1.29, 1.82) is 0 Å². The molecular weight excluding hydrogens is 561 g/mol. The van der Waals surface area contributed by atoms with Crippen LogP contribution in [0.1, 0.15) is 48.1 Å². The van der Waals surface area contributed by atoms with Crippen LogP contribution in [0.3, 0.4) is 0 Å². The number of ether oxygens (including phenoxy) is 1. The van der Waals surface area contributed by atoms with Crippen molar-refractivity contribution in [3.8, 4) is 5.75 Å². The molecule has 1 atom stereocenters. The zero-order chi connectivity index (χ0) is 28.9. The number of aliphatic hydroxyl groups is 1. The maximum absolute atomic E-state index is 15.2.